The van der Waals surface area contributed by atoms with Crippen molar-refractivity contribution in [1.82, 2.24) is 5.32 Å². The molecule has 240 valence electrons. The Balaban J connectivity index is 1.49. The number of rotatable bonds is 15. The Morgan fingerprint density at radius 1 is 0.913 bits per heavy atom. The van der Waals surface area contributed by atoms with E-state index >= 15 is 0 Å². The number of nitrogens with one attached hydrogen (secondary N) is 1. The van der Waals surface area contributed by atoms with Crippen molar-refractivity contribution >= 4 is 37.6 Å². The van der Waals surface area contributed by atoms with Gasteiger partial charge in [-0.1, -0.05) is 82.7 Å². The minimum Gasteiger partial charge on any atom is -0.494 e. The normalized spacial score (nSPS) is 17.6. The maximum Gasteiger partial charge on any atom is 0.252 e. The molecule has 2 N–H and O–H groups in total. The van der Waals surface area contributed by atoms with Crippen molar-refractivity contribution in [3.05, 3.63) is 130 Å². The molecule has 46 heavy (non-hydrogen) atoms. The fourth-order valence-corrected chi connectivity index (χ4v) is 7.24. The lowest BCUT2D eigenvalue weighted by atomic mass is 9.85. The van der Waals surface area contributed by atoms with Crippen LogP contribution in [0.1, 0.15) is 42.1 Å². The number of aliphatic imine (C=N–C) groups is 1. The van der Waals surface area contributed by atoms with E-state index in [1.807, 2.05) is 54.6 Å². The van der Waals surface area contributed by atoms with Crippen LogP contribution in [0.25, 0.3) is 0 Å². The topological polar surface area (TPSA) is 114 Å². The molecule has 1 heterocycles. The van der Waals surface area contributed by atoms with Crippen LogP contribution in [0.4, 0.5) is 0 Å². The number of nitrogens with zero attached hydrogens (tertiary/aromatic N) is 1. The number of halogens is 1. The molecular formula is C36H37BrN2O6S. The molecule has 0 spiro atoms. The van der Waals surface area contributed by atoms with Crippen LogP contribution < -0.4 is 10.1 Å². The molecule has 4 aromatic carbocycles. The summed E-state index contributed by atoms with van der Waals surface area (Å²) in [5, 5.41) is 12.1. The van der Waals surface area contributed by atoms with Gasteiger partial charge in [0.15, 0.2) is 21.5 Å². The predicted molar refractivity (Wildman–Crippen MR) is 182 cm³/mol. The lowest BCUT2D eigenvalue weighted by molar-refractivity contribution is -0.129. The van der Waals surface area contributed by atoms with Gasteiger partial charge in [-0.3, -0.25) is 4.79 Å². The van der Waals surface area contributed by atoms with Crippen molar-refractivity contribution in [2.45, 2.75) is 42.2 Å². The summed E-state index contributed by atoms with van der Waals surface area (Å²) in [7, 11) is -3.75. The van der Waals surface area contributed by atoms with Gasteiger partial charge < -0.3 is 19.9 Å². The molecule has 0 saturated carbocycles. The highest BCUT2D eigenvalue weighted by Crippen LogP contribution is 2.45. The van der Waals surface area contributed by atoms with Gasteiger partial charge in [0.2, 0.25) is 5.90 Å². The Hall–Kier alpha value is -3.99. The molecule has 0 saturated heterocycles. The quantitative estimate of drug-likeness (QED) is 0.145. The minimum absolute atomic E-state index is 0.0373. The van der Waals surface area contributed by atoms with Crippen LogP contribution in [0.2, 0.25) is 0 Å². The van der Waals surface area contributed by atoms with Gasteiger partial charge >= 0.3 is 0 Å². The fourth-order valence-electron chi connectivity index (χ4n) is 5.36. The maximum atomic E-state index is 14.4. The fraction of sp³-hybridized carbons (Fsp3) is 0.278. The molecule has 1 amide bonds. The van der Waals surface area contributed by atoms with Gasteiger partial charge in [0.1, 0.15) is 5.75 Å². The van der Waals surface area contributed by atoms with Crippen molar-refractivity contribution in [2.75, 3.05) is 25.5 Å². The number of sulfone groups is 1. The highest BCUT2D eigenvalue weighted by Gasteiger charge is 2.54. The largest absolute Gasteiger partial charge is 0.494 e. The van der Waals surface area contributed by atoms with Crippen molar-refractivity contribution in [2.24, 2.45) is 4.99 Å². The summed E-state index contributed by atoms with van der Waals surface area (Å²) in [6.07, 6.45) is 0.982. The smallest absolute Gasteiger partial charge is 0.252 e. The van der Waals surface area contributed by atoms with Crippen LogP contribution in [-0.4, -0.2) is 56.4 Å². The third-order valence-corrected chi connectivity index (χ3v) is 10.3. The predicted octanol–water partition coefficient (Wildman–Crippen LogP) is 6.08. The number of benzene rings is 4. The molecule has 0 unspecified atom stereocenters. The van der Waals surface area contributed by atoms with E-state index in [1.165, 1.54) is 5.56 Å². The van der Waals surface area contributed by atoms with E-state index in [4.69, 9.17) is 19.6 Å². The number of amides is 1. The Bertz CT molecular complexity index is 1730. The van der Waals surface area contributed by atoms with Crippen molar-refractivity contribution in [1.29, 1.82) is 0 Å². The molecule has 0 aromatic heterocycles. The standard InChI is InChI=1S/C36H37BrN2O6S/c37-32-17-8-7-16-31(32)33-36(22-26-46(42,43)30-14-5-2-6-15-30,35(41)38-23-9-13-27-11-3-1-4-12-27)39-34(45-33)28-18-20-29(21-19-28)44-25-10-24-40/h1-8,11-12,14-21,33,40H,9-10,13,22-26H2,(H,38,41)/t33-,36-/m1/s1. The van der Waals surface area contributed by atoms with Crippen LogP contribution in [0.5, 0.6) is 5.75 Å². The molecule has 0 fully saturated rings. The third-order valence-electron chi connectivity index (χ3n) is 7.84. The van der Waals surface area contributed by atoms with Crippen molar-refractivity contribution < 1.29 is 27.8 Å². The van der Waals surface area contributed by atoms with Gasteiger partial charge in [0, 0.05) is 41.6 Å². The summed E-state index contributed by atoms with van der Waals surface area (Å²) in [6, 6.07) is 32.8. The molecule has 1 aliphatic heterocycles. The first-order valence-electron chi connectivity index (χ1n) is 15.3. The second-order valence-electron chi connectivity index (χ2n) is 11.0. The Kier molecular flexibility index (Phi) is 11.3. The number of ether oxygens (including phenoxy) is 2. The Labute approximate surface area is 278 Å². The van der Waals surface area contributed by atoms with Gasteiger partial charge in [0.05, 0.1) is 17.3 Å². The van der Waals surface area contributed by atoms with Gasteiger partial charge in [-0.15, -0.1) is 0 Å². The van der Waals surface area contributed by atoms with Gasteiger partial charge in [0.25, 0.3) is 5.91 Å². The highest BCUT2D eigenvalue weighted by atomic mass is 79.9. The minimum atomic E-state index is -3.75. The zero-order valence-electron chi connectivity index (χ0n) is 25.3. The van der Waals surface area contributed by atoms with E-state index < -0.39 is 27.4 Å². The molecule has 0 radical (unpaired) electrons. The molecule has 0 bridgehead atoms. The molecule has 8 nitrogen and oxygen atoms in total. The summed E-state index contributed by atoms with van der Waals surface area (Å²) in [5.74, 6) is 0.143. The summed E-state index contributed by atoms with van der Waals surface area (Å²) >= 11 is 3.62. The van der Waals surface area contributed by atoms with Crippen LogP contribution in [0.15, 0.2) is 124 Å². The van der Waals surface area contributed by atoms with E-state index in [0.29, 0.717) is 42.9 Å². The summed E-state index contributed by atoms with van der Waals surface area (Å²) in [5.41, 5.74) is 0.891. The number of carbonyl (C=O) groups is 1. The number of hydrogen-bond donors (Lipinski definition) is 2. The molecule has 5 rings (SSSR count). The highest BCUT2D eigenvalue weighted by molar-refractivity contribution is 9.10. The zero-order chi connectivity index (χ0) is 32.4. The number of carbonyl (C=O) groups excluding carboxylic acids is 1. The van der Waals surface area contributed by atoms with Gasteiger partial charge in [-0.25, -0.2) is 13.4 Å². The average Bonchev–Trinajstić information content (AvgIpc) is 3.48. The lowest BCUT2D eigenvalue weighted by Gasteiger charge is -2.31. The van der Waals surface area contributed by atoms with Crippen molar-refractivity contribution in [3.63, 3.8) is 0 Å². The zero-order valence-corrected chi connectivity index (χ0v) is 27.8. The maximum absolute atomic E-state index is 14.4. The first-order valence-corrected chi connectivity index (χ1v) is 17.7. The second kappa shape index (κ2) is 15.5. The van der Waals surface area contributed by atoms with Crippen LogP contribution in [0, 0.1) is 0 Å². The Morgan fingerprint density at radius 3 is 2.28 bits per heavy atom. The molecular weight excluding hydrogens is 668 g/mol. The number of aryl methyl sites for hydroxylation is 1. The van der Waals surface area contributed by atoms with Gasteiger partial charge in [-0.05, 0) is 60.9 Å². The summed E-state index contributed by atoms with van der Waals surface area (Å²) in [4.78, 5) is 19.5. The first kappa shape index (κ1) is 33.4. The van der Waals surface area contributed by atoms with E-state index in [1.54, 1.807) is 54.6 Å². The van der Waals surface area contributed by atoms with Crippen molar-refractivity contribution in [3.8, 4) is 5.75 Å². The average molecular weight is 706 g/mol. The molecule has 4 aromatic rings. The number of aliphatic hydroxyl groups is 1. The Morgan fingerprint density at radius 2 is 1.59 bits per heavy atom. The van der Waals surface area contributed by atoms with E-state index in [9.17, 15) is 13.2 Å². The van der Waals surface area contributed by atoms with Crippen LogP contribution >= 0.6 is 15.9 Å². The van der Waals surface area contributed by atoms with E-state index in [0.717, 1.165) is 10.9 Å². The molecule has 2 atom stereocenters. The van der Waals surface area contributed by atoms with Crippen LogP contribution in [-0.2, 0) is 25.8 Å². The van der Waals surface area contributed by atoms with E-state index in [-0.39, 0.29) is 29.6 Å². The van der Waals surface area contributed by atoms with E-state index in [2.05, 4.69) is 21.2 Å². The summed E-state index contributed by atoms with van der Waals surface area (Å²) in [6.45, 7) is 0.796. The SMILES string of the molecule is O=C(NCCCc1ccccc1)[C@]1(CCS(=O)(=O)c2ccccc2)N=C(c2ccc(OCCCO)cc2)O[C@@H]1c1ccccc1Br. The second-order valence-corrected chi connectivity index (χ2v) is 14.0. The monoisotopic (exact) mass is 704 g/mol. The third kappa shape index (κ3) is 8.04. The number of hydrogen-bond acceptors (Lipinski definition) is 7. The molecule has 1 aliphatic rings. The number of aliphatic hydroxyl groups excluding tert-OH is 1. The van der Waals surface area contributed by atoms with Gasteiger partial charge in [-0.2, -0.15) is 0 Å². The lowest BCUT2D eigenvalue weighted by Crippen LogP contribution is -2.49. The summed E-state index contributed by atoms with van der Waals surface area (Å²) < 4.78 is 40.0. The molecule has 10 heteroatoms. The molecule has 0 aliphatic carbocycles. The van der Waals surface area contributed by atoms with Crippen LogP contribution in [0.3, 0.4) is 0 Å². The first-order chi connectivity index (χ1) is 22.3.